The number of likely N-dealkylation sites (tertiary alicyclic amines) is 1. The van der Waals surface area contributed by atoms with Gasteiger partial charge in [-0.05, 0) is 49.6 Å². The van der Waals surface area contributed by atoms with Crippen LogP contribution in [0.3, 0.4) is 0 Å². The quantitative estimate of drug-likeness (QED) is 0.913. The van der Waals surface area contributed by atoms with Gasteiger partial charge in [0.1, 0.15) is 23.9 Å². The molecule has 2 aliphatic heterocycles. The van der Waals surface area contributed by atoms with E-state index in [0.717, 1.165) is 69.4 Å². The zero-order valence-electron chi connectivity index (χ0n) is 15.5. The lowest BCUT2D eigenvalue weighted by molar-refractivity contribution is 0.0792. The first-order valence-electron chi connectivity index (χ1n) is 9.58. The number of hydrogen-bond acceptors (Lipinski definition) is 5. The Labute approximate surface area is 155 Å². The van der Waals surface area contributed by atoms with Crippen molar-refractivity contribution in [3.05, 3.63) is 53.0 Å². The van der Waals surface area contributed by atoms with Gasteiger partial charge in [-0.25, -0.2) is 0 Å². The molecule has 0 spiro atoms. The number of piperidine rings is 1. The molecule has 1 fully saturated rings. The number of ether oxygens (including phenoxy) is 1. The van der Waals surface area contributed by atoms with E-state index >= 15 is 0 Å². The van der Waals surface area contributed by atoms with Gasteiger partial charge in [-0.15, -0.1) is 0 Å². The third-order valence-corrected chi connectivity index (χ3v) is 5.32. The highest BCUT2D eigenvalue weighted by Gasteiger charge is 2.20. The van der Waals surface area contributed by atoms with Crippen LogP contribution < -0.4 is 4.74 Å². The Hall–Kier alpha value is -1.82. The number of aliphatic hydroxyl groups is 1. The summed E-state index contributed by atoms with van der Waals surface area (Å²) >= 11 is 0. The first-order chi connectivity index (χ1) is 12.7. The van der Waals surface area contributed by atoms with Crippen molar-refractivity contribution in [3.8, 4) is 5.75 Å². The van der Waals surface area contributed by atoms with Crippen molar-refractivity contribution in [2.24, 2.45) is 0 Å². The molecule has 1 saturated heterocycles. The van der Waals surface area contributed by atoms with Crippen molar-refractivity contribution in [2.75, 3.05) is 26.2 Å². The Morgan fingerprint density at radius 1 is 1.04 bits per heavy atom. The fraction of sp³-hybridized carbons (Fsp3) is 0.524. The molecular weight excluding hydrogens is 328 g/mol. The first-order valence-corrected chi connectivity index (χ1v) is 9.58. The van der Waals surface area contributed by atoms with E-state index in [2.05, 4.69) is 34.1 Å². The molecular formula is C21H28N2O3. The van der Waals surface area contributed by atoms with Crippen molar-refractivity contribution in [1.82, 2.24) is 9.80 Å². The molecule has 1 aromatic carbocycles. The van der Waals surface area contributed by atoms with Crippen LogP contribution in [0.1, 0.15) is 35.5 Å². The average molecular weight is 356 g/mol. The van der Waals surface area contributed by atoms with Gasteiger partial charge in [0.15, 0.2) is 0 Å². The number of aryl methyl sites for hydroxylation is 1. The molecule has 26 heavy (non-hydrogen) atoms. The summed E-state index contributed by atoms with van der Waals surface area (Å²) < 4.78 is 11.7. The van der Waals surface area contributed by atoms with Gasteiger partial charge in [0, 0.05) is 38.3 Å². The smallest absolute Gasteiger partial charge is 0.123 e. The predicted molar refractivity (Wildman–Crippen MR) is 100 cm³/mol. The van der Waals surface area contributed by atoms with Gasteiger partial charge in [0.25, 0.3) is 0 Å². The maximum Gasteiger partial charge on any atom is 0.123 e. The van der Waals surface area contributed by atoms with E-state index in [1.165, 1.54) is 11.1 Å². The third-order valence-electron chi connectivity index (χ3n) is 5.32. The average Bonchev–Trinajstić information content (AvgIpc) is 2.92. The number of fused-ring (bicyclic) bond motifs is 1. The normalized spacial score (nSPS) is 19.8. The fourth-order valence-electron chi connectivity index (χ4n) is 3.86. The lowest BCUT2D eigenvalue weighted by Gasteiger charge is -2.29. The molecule has 0 amide bonds. The summed E-state index contributed by atoms with van der Waals surface area (Å²) in [6.45, 7) is 8.15. The molecule has 0 bridgehead atoms. The first kappa shape index (κ1) is 17.6. The molecule has 0 unspecified atom stereocenters. The fourth-order valence-corrected chi connectivity index (χ4v) is 3.86. The maximum atomic E-state index is 9.68. The molecule has 0 radical (unpaired) electrons. The summed E-state index contributed by atoms with van der Waals surface area (Å²) in [5.74, 6) is 2.97. The van der Waals surface area contributed by atoms with Crippen molar-refractivity contribution in [2.45, 2.75) is 45.5 Å². The van der Waals surface area contributed by atoms with Gasteiger partial charge >= 0.3 is 0 Å². The highest BCUT2D eigenvalue weighted by Crippen LogP contribution is 2.26. The van der Waals surface area contributed by atoms with Gasteiger partial charge in [-0.1, -0.05) is 6.07 Å². The number of furan rings is 1. The monoisotopic (exact) mass is 356 g/mol. The second-order valence-corrected chi connectivity index (χ2v) is 7.52. The van der Waals surface area contributed by atoms with Gasteiger partial charge in [0.2, 0.25) is 0 Å². The highest BCUT2D eigenvalue weighted by atomic mass is 16.5. The van der Waals surface area contributed by atoms with Crippen LogP contribution in [0.25, 0.3) is 0 Å². The van der Waals surface area contributed by atoms with Gasteiger partial charge in [0.05, 0.1) is 12.6 Å². The second-order valence-electron chi connectivity index (χ2n) is 7.52. The standard InChI is InChI=1S/C21H28N2O3/c1-16-2-4-20(26-16)15-23-10-11-25-21-5-3-17(12-18(21)14-23)13-22-8-6-19(24)7-9-22/h2-5,12,19,24H,6-11,13-15H2,1H3. The maximum absolute atomic E-state index is 9.68. The molecule has 1 aromatic heterocycles. The summed E-state index contributed by atoms with van der Waals surface area (Å²) in [6, 6.07) is 10.7. The summed E-state index contributed by atoms with van der Waals surface area (Å²) in [5.41, 5.74) is 2.57. The molecule has 0 saturated carbocycles. The van der Waals surface area contributed by atoms with E-state index in [1.807, 2.05) is 13.0 Å². The zero-order valence-corrected chi connectivity index (χ0v) is 15.5. The van der Waals surface area contributed by atoms with Gasteiger partial charge in [-0.2, -0.15) is 0 Å². The molecule has 4 rings (SSSR count). The van der Waals surface area contributed by atoms with E-state index in [9.17, 15) is 5.11 Å². The zero-order chi connectivity index (χ0) is 17.9. The third kappa shape index (κ3) is 4.29. The predicted octanol–water partition coefficient (Wildman–Crippen LogP) is 2.94. The van der Waals surface area contributed by atoms with Crippen LogP contribution >= 0.6 is 0 Å². The molecule has 5 nitrogen and oxygen atoms in total. The number of aliphatic hydroxyl groups excluding tert-OH is 1. The number of rotatable bonds is 4. The molecule has 140 valence electrons. The minimum atomic E-state index is -0.120. The van der Waals surface area contributed by atoms with Crippen molar-refractivity contribution >= 4 is 0 Å². The summed E-state index contributed by atoms with van der Waals surface area (Å²) in [4.78, 5) is 4.81. The summed E-state index contributed by atoms with van der Waals surface area (Å²) in [7, 11) is 0. The van der Waals surface area contributed by atoms with Crippen LogP contribution in [-0.4, -0.2) is 47.3 Å². The van der Waals surface area contributed by atoms with Crippen LogP contribution in [0.15, 0.2) is 34.7 Å². The molecule has 0 atom stereocenters. The van der Waals surface area contributed by atoms with Crippen molar-refractivity contribution in [1.29, 1.82) is 0 Å². The van der Waals surface area contributed by atoms with E-state index in [0.29, 0.717) is 6.61 Å². The van der Waals surface area contributed by atoms with Crippen molar-refractivity contribution < 1.29 is 14.3 Å². The van der Waals surface area contributed by atoms with E-state index < -0.39 is 0 Å². The van der Waals surface area contributed by atoms with Crippen LogP contribution in [0.4, 0.5) is 0 Å². The molecule has 2 aromatic rings. The largest absolute Gasteiger partial charge is 0.492 e. The Morgan fingerprint density at radius 3 is 2.65 bits per heavy atom. The topological polar surface area (TPSA) is 49.1 Å². The summed E-state index contributed by atoms with van der Waals surface area (Å²) in [6.07, 6.45) is 1.64. The Morgan fingerprint density at radius 2 is 1.88 bits per heavy atom. The van der Waals surface area contributed by atoms with Gasteiger partial charge < -0.3 is 14.3 Å². The highest BCUT2D eigenvalue weighted by molar-refractivity contribution is 5.38. The number of hydrogen-bond donors (Lipinski definition) is 1. The second kappa shape index (κ2) is 7.82. The molecule has 1 N–H and O–H groups in total. The molecule has 3 heterocycles. The molecule has 0 aliphatic carbocycles. The van der Waals surface area contributed by atoms with Crippen LogP contribution in [0, 0.1) is 6.92 Å². The Balaban J connectivity index is 1.43. The van der Waals surface area contributed by atoms with E-state index in [-0.39, 0.29) is 6.10 Å². The number of nitrogens with zero attached hydrogens (tertiary/aromatic N) is 2. The van der Waals surface area contributed by atoms with Crippen molar-refractivity contribution in [3.63, 3.8) is 0 Å². The Bertz CT molecular complexity index is 735. The van der Waals surface area contributed by atoms with Gasteiger partial charge in [-0.3, -0.25) is 9.80 Å². The minimum absolute atomic E-state index is 0.120. The molecule has 5 heteroatoms. The van der Waals surface area contributed by atoms with Crippen LogP contribution in [0.2, 0.25) is 0 Å². The summed E-state index contributed by atoms with van der Waals surface area (Å²) in [5, 5.41) is 9.68. The van der Waals surface area contributed by atoms with Crippen LogP contribution in [-0.2, 0) is 19.6 Å². The lowest BCUT2D eigenvalue weighted by atomic mass is 10.1. The minimum Gasteiger partial charge on any atom is -0.492 e. The van der Waals surface area contributed by atoms with Crippen LogP contribution in [0.5, 0.6) is 5.75 Å². The van der Waals surface area contributed by atoms with E-state index in [4.69, 9.17) is 9.15 Å². The number of benzene rings is 1. The SMILES string of the molecule is Cc1ccc(CN2CCOc3ccc(CN4CCC(O)CC4)cc3C2)o1. The molecule has 2 aliphatic rings. The lowest BCUT2D eigenvalue weighted by Crippen LogP contribution is -2.35. The Kier molecular flexibility index (Phi) is 5.29. The van der Waals surface area contributed by atoms with E-state index in [1.54, 1.807) is 0 Å².